The monoisotopic (exact) mass is 169 g/mol. The molecule has 12 heavy (non-hydrogen) atoms. The average molecular weight is 169 g/mol. The summed E-state index contributed by atoms with van der Waals surface area (Å²) >= 11 is 0. The van der Waals surface area contributed by atoms with Gasteiger partial charge in [0, 0.05) is 0 Å². The van der Waals surface area contributed by atoms with Gasteiger partial charge in [0.05, 0.1) is 0 Å². The molecule has 3 atom stereocenters. The van der Waals surface area contributed by atoms with Gasteiger partial charge in [0.1, 0.15) is 0 Å². The van der Waals surface area contributed by atoms with E-state index < -0.39 is 0 Å². The van der Waals surface area contributed by atoms with Gasteiger partial charge in [0.25, 0.3) is 0 Å². The zero-order chi connectivity index (χ0) is 9.14. The van der Waals surface area contributed by atoms with Gasteiger partial charge in [-0.25, -0.2) is 0 Å². The van der Waals surface area contributed by atoms with Gasteiger partial charge in [0.2, 0.25) is 0 Å². The second-order valence-corrected chi connectivity index (χ2v) is 4.88. The first-order valence-corrected chi connectivity index (χ1v) is 5.32. The predicted octanol–water partition coefficient (Wildman–Crippen LogP) is 2.52. The Morgan fingerprint density at radius 2 is 1.83 bits per heavy atom. The summed E-state index contributed by atoms with van der Waals surface area (Å²) in [6.07, 6.45) is 1.40. The fourth-order valence-electron chi connectivity index (χ4n) is 2.48. The van der Waals surface area contributed by atoms with Crippen LogP contribution in [-0.2, 0) is 0 Å². The van der Waals surface area contributed by atoms with Gasteiger partial charge in [0.15, 0.2) is 0 Å². The Morgan fingerprint density at radius 1 is 1.17 bits per heavy atom. The van der Waals surface area contributed by atoms with Gasteiger partial charge in [-0.05, 0) is 43.2 Å². The van der Waals surface area contributed by atoms with E-state index in [-0.39, 0.29) is 0 Å². The molecule has 0 bridgehead atoms. The molecule has 1 fully saturated rings. The molecule has 0 spiro atoms. The molecule has 0 radical (unpaired) electrons. The summed E-state index contributed by atoms with van der Waals surface area (Å²) in [5, 5.41) is 3.56. The lowest BCUT2D eigenvalue weighted by Crippen LogP contribution is -2.27. The van der Waals surface area contributed by atoms with Crippen molar-refractivity contribution in [1.29, 1.82) is 0 Å². The van der Waals surface area contributed by atoms with Gasteiger partial charge in [-0.3, -0.25) is 0 Å². The standard InChI is InChI=1S/C11H23N/c1-8(2)11-7-12-6-9(3)5-10(11)4/h8-12H,5-7H2,1-4H3. The topological polar surface area (TPSA) is 12.0 Å². The molecule has 1 rings (SSSR count). The molecule has 1 aliphatic heterocycles. The van der Waals surface area contributed by atoms with Crippen LogP contribution in [0.4, 0.5) is 0 Å². The highest BCUT2D eigenvalue weighted by atomic mass is 14.9. The minimum atomic E-state index is 0.831. The molecule has 1 heterocycles. The van der Waals surface area contributed by atoms with Gasteiger partial charge in [-0.15, -0.1) is 0 Å². The van der Waals surface area contributed by atoms with E-state index in [1.165, 1.54) is 19.5 Å². The molecule has 1 heteroatoms. The Morgan fingerprint density at radius 3 is 2.42 bits per heavy atom. The SMILES string of the molecule is CC1CNCC(C(C)C)C(C)C1. The Labute approximate surface area is 76.9 Å². The van der Waals surface area contributed by atoms with E-state index in [9.17, 15) is 0 Å². The normalized spacial score (nSPS) is 38.2. The van der Waals surface area contributed by atoms with Crippen LogP contribution in [0.2, 0.25) is 0 Å². The summed E-state index contributed by atoms with van der Waals surface area (Å²) in [5.74, 6) is 3.48. The summed E-state index contributed by atoms with van der Waals surface area (Å²) in [6, 6.07) is 0. The third-order valence-electron chi connectivity index (χ3n) is 3.23. The first kappa shape index (κ1) is 10.0. The summed E-state index contributed by atoms with van der Waals surface area (Å²) in [7, 11) is 0. The van der Waals surface area contributed by atoms with Gasteiger partial charge in [-0.1, -0.05) is 27.7 Å². The van der Waals surface area contributed by atoms with Crippen molar-refractivity contribution in [3.05, 3.63) is 0 Å². The molecule has 1 saturated heterocycles. The number of nitrogens with one attached hydrogen (secondary N) is 1. The van der Waals surface area contributed by atoms with Gasteiger partial charge >= 0.3 is 0 Å². The van der Waals surface area contributed by atoms with Crippen LogP contribution in [0.3, 0.4) is 0 Å². The molecule has 0 aromatic rings. The first-order valence-electron chi connectivity index (χ1n) is 5.32. The van der Waals surface area contributed by atoms with Crippen molar-refractivity contribution in [3.63, 3.8) is 0 Å². The highest BCUT2D eigenvalue weighted by Gasteiger charge is 2.24. The Balaban J connectivity index is 2.51. The summed E-state index contributed by atoms with van der Waals surface area (Å²) in [5.41, 5.74) is 0. The maximum Gasteiger partial charge on any atom is -0.00154 e. The van der Waals surface area contributed by atoms with Crippen molar-refractivity contribution in [2.45, 2.75) is 34.1 Å². The molecular weight excluding hydrogens is 146 g/mol. The Hall–Kier alpha value is -0.0400. The van der Waals surface area contributed by atoms with Gasteiger partial charge in [-0.2, -0.15) is 0 Å². The van der Waals surface area contributed by atoms with Crippen LogP contribution in [0.25, 0.3) is 0 Å². The minimum Gasteiger partial charge on any atom is -0.316 e. The zero-order valence-electron chi connectivity index (χ0n) is 8.93. The van der Waals surface area contributed by atoms with E-state index in [1.807, 2.05) is 0 Å². The molecule has 3 unspecified atom stereocenters. The lowest BCUT2D eigenvalue weighted by atomic mass is 9.81. The smallest absolute Gasteiger partial charge is 0.00154 e. The van der Waals surface area contributed by atoms with Crippen molar-refractivity contribution in [3.8, 4) is 0 Å². The van der Waals surface area contributed by atoms with Crippen LogP contribution in [0.5, 0.6) is 0 Å². The molecule has 1 aliphatic rings. The quantitative estimate of drug-likeness (QED) is 0.636. The minimum absolute atomic E-state index is 0.831. The summed E-state index contributed by atoms with van der Waals surface area (Å²) in [6.45, 7) is 11.9. The third-order valence-corrected chi connectivity index (χ3v) is 3.23. The fourth-order valence-corrected chi connectivity index (χ4v) is 2.48. The molecule has 72 valence electrons. The second kappa shape index (κ2) is 4.27. The van der Waals surface area contributed by atoms with Crippen LogP contribution < -0.4 is 5.32 Å². The van der Waals surface area contributed by atoms with E-state index in [4.69, 9.17) is 0 Å². The molecule has 0 saturated carbocycles. The van der Waals surface area contributed by atoms with Crippen molar-refractivity contribution >= 4 is 0 Å². The van der Waals surface area contributed by atoms with Crippen molar-refractivity contribution in [2.75, 3.05) is 13.1 Å². The number of hydrogen-bond acceptors (Lipinski definition) is 1. The Kier molecular flexibility index (Phi) is 3.57. The van der Waals surface area contributed by atoms with Gasteiger partial charge < -0.3 is 5.32 Å². The molecule has 0 amide bonds. The molecular formula is C11H23N. The van der Waals surface area contributed by atoms with Crippen LogP contribution in [0.15, 0.2) is 0 Å². The highest BCUT2D eigenvalue weighted by molar-refractivity contribution is 4.78. The lowest BCUT2D eigenvalue weighted by molar-refractivity contribution is 0.260. The number of hydrogen-bond donors (Lipinski definition) is 1. The van der Waals surface area contributed by atoms with Crippen molar-refractivity contribution in [2.24, 2.45) is 23.7 Å². The molecule has 0 aromatic carbocycles. The van der Waals surface area contributed by atoms with Crippen LogP contribution in [0.1, 0.15) is 34.1 Å². The third kappa shape index (κ3) is 2.48. The van der Waals surface area contributed by atoms with Crippen molar-refractivity contribution < 1.29 is 0 Å². The second-order valence-electron chi connectivity index (χ2n) is 4.88. The number of rotatable bonds is 1. The van der Waals surface area contributed by atoms with Crippen LogP contribution >= 0.6 is 0 Å². The molecule has 0 aliphatic carbocycles. The summed E-state index contributed by atoms with van der Waals surface area (Å²) in [4.78, 5) is 0. The molecule has 1 N–H and O–H groups in total. The van der Waals surface area contributed by atoms with Crippen LogP contribution in [0, 0.1) is 23.7 Å². The molecule has 1 nitrogen and oxygen atoms in total. The predicted molar refractivity (Wildman–Crippen MR) is 54.1 cm³/mol. The average Bonchev–Trinajstić information content (AvgIpc) is 2.10. The summed E-state index contributed by atoms with van der Waals surface area (Å²) < 4.78 is 0. The van der Waals surface area contributed by atoms with Crippen molar-refractivity contribution in [1.82, 2.24) is 5.32 Å². The van der Waals surface area contributed by atoms with Crippen LogP contribution in [-0.4, -0.2) is 13.1 Å². The Bertz CT molecular complexity index is 131. The maximum absolute atomic E-state index is 3.56. The van der Waals surface area contributed by atoms with E-state index in [2.05, 4.69) is 33.0 Å². The largest absolute Gasteiger partial charge is 0.316 e. The fraction of sp³-hybridized carbons (Fsp3) is 1.00. The maximum atomic E-state index is 3.56. The highest BCUT2D eigenvalue weighted by Crippen LogP contribution is 2.27. The molecule has 0 aromatic heterocycles. The van der Waals surface area contributed by atoms with E-state index in [0.29, 0.717) is 0 Å². The van der Waals surface area contributed by atoms with E-state index >= 15 is 0 Å². The zero-order valence-corrected chi connectivity index (χ0v) is 8.93. The van der Waals surface area contributed by atoms with E-state index in [0.717, 1.165) is 23.7 Å². The first-order chi connectivity index (χ1) is 5.61. The van der Waals surface area contributed by atoms with E-state index in [1.54, 1.807) is 0 Å². The lowest BCUT2D eigenvalue weighted by Gasteiger charge is -2.25.